The fraction of sp³-hybridized carbons (Fsp3) is 0. The number of benzene rings is 3. The SMILES string of the molecule is c1ccc2c(c1)sc1ccccc12.c1ccc2ocnc2c1.c1conn1. The first kappa shape index (κ1) is 16.9. The van der Waals surface area contributed by atoms with Crippen LogP contribution in [0.5, 0.6) is 0 Å². The van der Waals surface area contributed by atoms with E-state index in [1.54, 1.807) is 0 Å². The molecule has 3 aromatic carbocycles. The van der Waals surface area contributed by atoms with Gasteiger partial charge in [-0.1, -0.05) is 48.5 Å². The van der Waals surface area contributed by atoms with Crippen LogP contribution in [0.25, 0.3) is 31.3 Å². The van der Waals surface area contributed by atoms with Crippen molar-refractivity contribution in [2.24, 2.45) is 0 Å². The topological polar surface area (TPSA) is 65.0 Å². The molecule has 0 spiro atoms. The molecule has 0 N–H and O–H groups in total. The van der Waals surface area contributed by atoms with E-state index in [4.69, 9.17) is 4.42 Å². The first-order valence-corrected chi connectivity index (χ1v) is 9.09. The van der Waals surface area contributed by atoms with Crippen molar-refractivity contribution >= 4 is 42.6 Å². The molecular weight excluding hydrogens is 358 g/mol. The zero-order chi connectivity index (χ0) is 18.3. The van der Waals surface area contributed by atoms with Gasteiger partial charge in [-0.3, -0.25) is 0 Å². The van der Waals surface area contributed by atoms with Crippen molar-refractivity contribution in [2.45, 2.75) is 0 Å². The Morgan fingerprint density at radius 3 is 2.00 bits per heavy atom. The average molecular weight is 373 g/mol. The molecule has 0 saturated heterocycles. The van der Waals surface area contributed by atoms with Crippen molar-refractivity contribution in [2.75, 3.05) is 0 Å². The second-order valence-corrected chi connectivity index (χ2v) is 6.59. The second-order valence-electron chi connectivity index (χ2n) is 5.50. The van der Waals surface area contributed by atoms with E-state index in [1.807, 2.05) is 35.6 Å². The first-order valence-electron chi connectivity index (χ1n) is 8.27. The van der Waals surface area contributed by atoms with Crippen molar-refractivity contribution in [1.82, 2.24) is 15.4 Å². The van der Waals surface area contributed by atoms with Crippen LogP contribution in [0, 0.1) is 0 Å². The molecule has 0 aliphatic rings. The third kappa shape index (κ3) is 4.02. The van der Waals surface area contributed by atoms with Crippen molar-refractivity contribution in [3.8, 4) is 0 Å². The summed E-state index contributed by atoms with van der Waals surface area (Å²) < 4.78 is 12.0. The minimum Gasteiger partial charge on any atom is -0.443 e. The summed E-state index contributed by atoms with van der Waals surface area (Å²) in [6.45, 7) is 0. The lowest BCUT2D eigenvalue weighted by molar-refractivity contribution is 0.393. The number of oxazole rings is 1. The molecule has 132 valence electrons. The Hall–Kier alpha value is -3.51. The number of fused-ring (bicyclic) bond motifs is 4. The highest BCUT2D eigenvalue weighted by Gasteiger charge is 2.01. The van der Waals surface area contributed by atoms with Gasteiger partial charge in [0.25, 0.3) is 0 Å². The summed E-state index contributed by atoms with van der Waals surface area (Å²) >= 11 is 1.86. The maximum atomic E-state index is 5.01. The Labute approximate surface area is 158 Å². The van der Waals surface area contributed by atoms with E-state index in [2.05, 4.69) is 68.4 Å². The van der Waals surface area contributed by atoms with E-state index >= 15 is 0 Å². The van der Waals surface area contributed by atoms with Crippen molar-refractivity contribution in [3.63, 3.8) is 0 Å². The van der Waals surface area contributed by atoms with Gasteiger partial charge in [0, 0.05) is 25.4 Å². The van der Waals surface area contributed by atoms with Crippen LogP contribution in [0.1, 0.15) is 0 Å². The van der Waals surface area contributed by atoms with Gasteiger partial charge in [0.1, 0.15) is 11.8 Å². The first-order chi connectivity index (χ1) is 13.4. The standard InChI is InChI=1S/C12H8S.C7H5NO.C2H2N2O/c1-3-7-11-9(5-1)10-6-2-4-8-12(10)13-11;1-2-4-7-6(3-1)8-5-9-7;1-2-5-4-3-1/h1-8H;1-5H;1-2H. The van der Waals surface area contributed by atoms with Crippen LogP contribution in [-0.2, 0) is 0 Å². The van der Waals surface area contributed by atoms with Gasteiger partial charge in [-0.2, -0.15) is 0 Å². The molecule has 6 heteroatoms. The summed E-state index contributed by atoms with van der Waals surface area (Å²) in [5, 5.41) is 9.16. The maximum absolute atomic E-state index is 5.01. The van der Waals surface area contributed by atoms with Gasteiger partial charge in [-0.25, -0.2) is 4.98 Å². The lowest BCUT2D eigenvalue weighted by atomic mass is 10.2. The molecular formula is C21H15N3O2S. The van der Waals surface area contributed by atoms with Crippen LogP contribution in [-0.4, -0.2) is 15.4 Å². The Morgan fingerprint density at radius 2 is 1.41 bits per heavy atom. The third-order valence-electron chi connectivity index (χ3n) is 3.80. The van der Waals surface area contributed by atoms with Crippen LogP contribution in [0.4, 0.5) is 0 Å². The fourth-order valence-corrected chi connectivity index (χ4v) is 3.72. The minimum absolute atomic E-state index is 0.845. The summed E-state index contributed by atoms with van der Waals surface area (Å²) in [4.78, 5) is 3.95. The summed E-state index contributed by atoms with van der Waals surface area (Å²) in [6.07, 6.45) is 4.32. The van der Waals surface area contributed by atoms with Crippen LogP contribution in [0.2, 0.25) is 0 Å². The zero-order valence-electron chi connectivity index (χ0n) is 14.2. The molecule has 0 amide bonds. The third-order valence-corrected chi connectivity index (χ3v) is 4.96. The quantitative estimate of drug-likeness (QED) is 0.329. The number of rotatable bonds is 0. The number of thiophene rings is 1. The lowest BCUT2D eigenvalue weighted by Gasteiger charge is -1.88. The fourth-order valence-electron chi connectivity index (χ4n) is 2.61. The van der Waals surface area contributed by atoms with Gasteiger partial charge in [0.15, 0.2) is 12.0 Å². The molecule has 5 nitrogen and oxygen atoms in total. The van der Waals surface area contributed by atoms with E-state index in [0.717, 1.165) is 11.1 Å². The molecule has 0 fully saturated rings. The monoisotopic (exact) mass is 373 g/mol. The summed E-state index contributed by atoms with van der Waals surface area (Å²) in [7, 11) is 0. The predicted molar refractivity (Wildman–Crippen MR) is 108 cm³/mol. The van der Waals surface area contributed by atoms with Gasteiger partial charge in [0.2, 0.25) is 0 Å². The van der Waals surface area contributed by atoms with E-state index in [-0.39, 0.29) is 0 Å². The number of aromatic nitrogens is 3. The highest BCUT2D eigenvalue weighted by molar-refractivity contribution is 7.25. The predicted octanol–water partition coefficient (Wildman–Crippen LogP) is 5.95. The van der Waals surface area contributed by atoms with Crippen molar-refractivity contribution in [3.05, 3.63) is 91.7 Å². The van der Waals surface area contributed by atoms with Crippen LogP contribution in [0.3, 0.4) is 0 Å². The van der Waals surface area contributed by atoms with Gasteiger partial charge < -0.3 is 8.94 Å². The Bertz CT molecular complexity index is 1140. The normalized spacial score (nSPS) is 10.2. The van der Waals surface area contributed by atoms with E-state index in [0.29, 0.717) is 0 Å². The molecule has 0 aliphatic heterocycles. The van der Waals surface area contributed by atoms with E-state index < -0.39 is 0 Å². The number of hydrogen-bond acceptors (Lipinski definition) is 6. The smallest absolute Gasteiger partial charge is 0.181 e. The number of hydrogen-bond donors (Lipinski definition) is 0. The van der Waals surface area contributed by atoms with Gasteiger partial charge in [-0.15, -0.1) is 16.4 Å². The number of para-hydroxylation sites is 2. The molecule has 0 saturated carbocycles. The Kier molecular flexibility index (Phi) is 5.17. The zero-order valence-corrected chi connectivity index (χ0v) is 15.0. The Balaban J connectivity index is 0.000000111. The molecule has 6 rings (SSSR count). The molecule has 3 heterocycles. The van der Waals surface area contributed by atoms with Gasteiger partial charge in [-0.05, 0) is 24.3 Å². The second kappa shape index (κ2) is 8.25. The van der Waals surface area contributed by atoms with Gasteiger partial charge in [0.05, 0.1) is 6.20 Å². The highest BCUT2D eigenvalue weighted by atomic mass is 32.1. The van der Waals surface area contributed by atoms with Crippen LogP contribution in [0.15, 0.2) is 101 Å². The summed E-state index contributed by atoms with van der Waals surface area (Å²) in [5.74, 6) is 0. The molecule has 3 aromatic heterocycles. The molecule has 0 aliphatic carbocycles. The molecule has 0 unspecified atom stereocenters. The molecule has 0 radical (unpaired) electrons. The lowest BCUT2D eigenvalue weighted by Crippen LogP contribution is -1.62. The average Bonchev–Trinajstić information content (AvgIpc) is 3.49. The molecule has 6 aromatic rings. The summed E-state index contributed by atoms with van der Waals surface area (Å²) in [5.41, 5.74) is 1.76. The highest BCUT2D eigenvalue weighted by Crippen LogP contribution is 2.32. The molecule has 0 atom stereocenters. The molecule has 27 heavy (non-hydrogen) atoms. The van der Waals surface area contributed by atoms with Crippen molar-refractivity contribution in [1.29, 1.82) is 0 Å². The number of nitrogens with zero attached hydrogens (tertiary/aromatic N) is 3. The minimum atomic E-state index is 0.845. The largest absolute Gasteiger partial charge is 0.443 e. The van der Waals surface area contributed by atoms with Gasteiger partial charge >= 0.3 is 0 Å². The maximum Gasteiger partial charge on any atom is 0.181 e. The summed E-state index contributed by atoms with van der Waals surface area (Å²) in [6, 6.07) is 24.8. The Morgan fingerprint density at radius 1 is 0.741 bits per heavy atom. The van der Waals surface area contributed by atoms with Crippen molar-refractivity contribution < 1.29 is 8.94 Å². The molecule has 0 bridgehead atoms. The van der Waals surface area contributed by atoms with Crippen LogP contribution < -0.4 is 0 Å². The van der Waals surface area contributed by atoms with E-state index in [1.165, 1.54) is 39.0 Å². The van der Waals surface area contributed by atoms with Crippen LogP contribution >= 0.6 is 11.3 Å². The van der Waals surface area contributed by atoms with E-state index in [9.17, 15) is 0 Å².